The summed E-state index contributed by atoms with van der Waals surface area (Å²) in [6.07, 6.45) is -9.49. The first kappa shape index (κ1) is 27.6. The highest BCUT2D eigenvalue weighted by atomic mass is 31.2. The minimum Gasteiger partial charge on any atom is -0.395 e. The van der Waals surface area contributed by atoms with E-state index >= 15 is 4.39 Å². The summed E-state index contributed by atoms with van der Waals surface area (Å²) in [7, 11) is -4.74. The largest absolute Gasteiger partial charge is 0.587 e. The Bertz CT molecular complexity index is 1320. The Hall–Kier alpha value is -3.38. The van der Waals surface area contributed by atoms with Crippen molar-refractivity contribution in [3.63, 3.8) is 0 Å². The normalized spacial score (nSPS) is 23.5. The van der Waals surface area contributed by atoms with E-state index in [2.05, 4.69) is 4.98 Å². The number of aryl methyl sites for hydroxylation is 2. The van der Waals surface area contributed by atoms with E-state index < -0.39 is 50.6 Å². The number of nitrogen functional groups attached to an aromatic ring is 1. The van der Waals surface area contributed by atoms with Gasteiger partial charge in [-0.05, 0) is 44.2 Å². The number of phosphoric acid groups is 1. The molecule has 2 aromatic carbocycles. The van der Waals surface area contributed by atoms with Crippen LogP contribution in [0.1, 0.15) is 17.4 Å². The highest BCUT2D eigenvalue weighted by Gasteiger charge is 2.63. The molecule has 0 bridgehead atoms. The van der Waals surface area contributed by atoms with Crippen LogP contribution in [0.2, 0.25) is 0 Å². The Balaban J connectivity index is 1.64. The smallest absolute Gasteiger partial charge is 0.395 e. The molecule has 204 valence electrons. The maximum atomic E-state index is 15.3. The monoisotopic (exact) mass is 555 g/mol. The first-order chi connectivity index (χ1) is 17.9. The molecule has 14 heteroatoms. The van der Waals surface area contributed by atoms with Crippen LogP contribution in [0.3, 0.4) is 0 Å². The minimum absolute atomic E-state index is 0.0266. The number of aliphatic hydroxyl groups is 1. The number of anilines is 1. The lowest BCUT2D eigenvalue weighted by Gasteiger charge is -2.30. The molecular formula is C24H25F3N3O7P. The maximum absolute atomic E-state index is 15.3. The molecule has 1 aliphatic rings. The number of alkyl halides is 3. The van der Waals surface area contributed by atoms with E-state index in [0.29, 0.717) is 4.57 Å². The van der Waals surface area contributed by atoms with Gasteiger partial charge in [0.1, 0.15) is 23.4 Å². The van der Waals surface area contributed by atoms with Crippen molar-refractivity contribution in [1.82, 2.24) is 9.55 Å². The molecule has 1 aliphatic heterocycles. The number of phosphoric ester groups is 1. The van der Waals surface area contributed by atoms with Crippen LogP contribution in [-0.2, 0) is 13.8 Å². The molecule has 4 atom stereocenters. The van der Waals surface area contributed by atoms with Crippen LogP contribution in [-0.4, -0.2) is 45.6 Å². The summed E-state index contributed by atoms with van der Waals surface area (Å²) < 4.78 is 79.5. The SMILES string of the molecule is Cc1ccc(OP(=O)(OC[C@@]2(C(F)F)O[C@@H](n3ccc(N)nc3=O)[C@H](O)[C@H]2F)Oc2ccc(C)cc2)cc1. The fraction of sp³-hybridized carbons (Fsp3) is 0.333. The summed E-state index contributed by atoms with van der Waals surface area (Å²) in [4.78, 5) is 15.6. The van der Waals surface area contributed by atoms with Crippen molar-refractivity contribution in [1.29, 1.82) is 0 Å². The number of hydrogen-bond acceptors (Lipinski definition) is 9. The number of nitrogens with zero attached hydrogens (tertiary/aromatic N) is 2. The van der Waals surface area contributed by atoms with Gasteiger partial charge in [-0.15, -0.1) is 0 Å². The molecule has 38 heavy (non-hydrogen) atoms. The molecule has 0 spiro atoms. The zero-order chi connectivity index (χ0) is 27.7. The predicted molar refractivity (Wildman–Crippen MR) is 130 cm³/mol. The van der Waals surface area contributed by atoms with Crippen LogP contribution in [0.25, 0.3) is 0 Å². The number of benzene rings is 2. The van der Waals surface area contributed by atoms with Crippen LogP contribution in [0.5, 0.6) is 11.5 Å². The lowest BCUT2D eigenvalue weighted by Crippen LogP contribution is -2.50. The summed E-state index contributed by atoms with van der Waals surface area (Å²) in [5, 5.41) is 10.4. The van der Waals surface area contributed by atoms with E-state index in [1.54, 1.807) is 38.1 Å². The highest BCUT2D eigenvalue weighted by molar-refractivity contribution is 7.49. The molecule has 3 aromatic rings. The number of hydrogen-bond donors (Lipinski definition) is 2. The quantitative estimate of drug-likeness (QED) is 0.376. The first-order valence-corrected chi connectivity index (χ1v) is 12.8. The van der Waals surface area contributed by atoms with Crippen molar-refractivity contribution in [2.75, 3.05) is 12.3 Å². The van der Waals surface area contributed by atoms with E-state index in [1.807, 2.05) is 0 Å². The van der Waals surface area contributed by atoms with Crippen molar-refractivity contribution in [3.05, 3.63) is 82.4 Å². The van der Waals surface area contributed by atoms with Crippen molar-refractivity contribution in [2.24, 2.45) is 0 Å². The zero-order valence-electron chi connectivity index (χ0n) is 20.2. The van der Waals surface area contributed by atoms with Gasteiger partial charge in [0.2, 0.25) is 0 Å². The van der Waals surface area contributed by atoms with E-state index in [1.165, 1.54) is 24.3 Å². The van der Waals surface area contributed by atoms with Crippen molar-refractivity contribution in [2.45, 2.75) is 44.4 Å². The van der Waals surface area contributed by atoms with Crippen LogP contribution in [0.4, 0.5) is 19.0 Å². The molecule has 0 aliphatic carbocycles. The van der Waals surface area contributed by atoms with Gasteiger partial charge in [0.15, 0.2) is 18.0 Å². The molecule has 2 heterocycles. The summed E-state index contributed by atoms with van der Waals surface area (Å²) in [6, 6.07) is 13.5. The second kappa shape index (κ2) is 10.8. The molecule has 10 nitrogen and oxygen atoms in total. The molecule has 0 amide bonds. The minimum atomic E-state index is -4.74. The summed E-state index contributed by atoms with van der Waals surface area (Å²) >= 11 is 0. The van der Waals surface area contributed by atoms with Gasteiger partial charge < -0.3 is 24.6 Å². The lowest BCUT2D eigenvalue weighted by molar-refractivity contribution is -0.184. The van der Waals surface area contributed by atoms with Gasteiger partial charge in [-0.2, -0.15) is 4.98 Å². The second-order valence-electron chi connectivity index (χ2n) is 8.73. The predicted octanol–water partition coefficient (Wildman–Crippen LogP) is 3.96. The van der Waals surface area contributed by atoms with Crippen molar-refractivity contribution in [3.8, 4) is 11.5 Å². The van der Waals surface area contributed by atoms with Gasteiger partial charge in [0.05, 0.1) is 6.61 Å². The molecule has 0 saturated carbocycles. The molecule has 1 aromatic heterocycles. The van der Waals surface area contributed by atoms with Gasteiger partial charge in [-0.3, -0.25) is 9.09 Å². The number of nitrogens with two attached hydrogens (primary N) is 1. The Morgan fingerprint density at radius 3 is 2.08 bits per heavy atom. The average Bonchev–Trinajstić information content (AvgIpc) is 3.12. The van der Waals surface area contributed by atoms with Crippen molar-refractivity contribution < 1.29 is 41.2 Å². The second-order valence-corrected chi connectivity index (χ2v) is 10.2. The average molecular weight is 555 g/mol. The van der Waals surface area contributed by atoms with E-state index in [0.717, 1.165) is 23.4 Å². The Morgan fingerprint density at radius 1 is 1.08 bits per heavy atom. The fourth-order valence-corrected chi connectivity index (χ4v) is 4.95. The standard InChI is InChI=1S/C24H25F3N3O7P/c1-14-3-7-16(8-4-14)36-38(33,37-17-9-5-15(2)6-10-17)34-13-24(22(26)27)20(25)19(31)21(35-24)30-12-11-18(28)29-23(30)32/h3-12,19-22,31H,13H2,1-2H3,(H2,28,29,32)/t19-,20-,21-,24-/m1/s1. The summed E-state index contributed by atoms with van der Waals surface area (Å²) in [5.41, 5.74) is 2.93. The number of aliphatic hydroxyl groups excluding tert-OH is 1. The molecular weight excluding hydrogens is 530 g/mol. The molecule has 1 fully saturated rings. The van der Waals surface area contributed by atoms with Gasteiger partial charge in [0.25, 0.3) is 6.43 Å². The van der Waals surface area contributed by atoms with Gasteiger partial charge in [-0.1, -0.05) is 35.4 Å². The van der Waals surface area contributed by atoms with Crippen LogP contribution in [0.15, 0.2) is 65.6 Å². The fourth-order valence-electron chi connectivity index (χ4n) is 3.69. The third-order valence-electron chi connectivity index (χ3n) is 5.82. The van der Waals surface area contributed by atoms with Crippen LogP contribution >= 0.6 is 7.82 Å². The molecule has 1 saturated heterocycles. The van der Waals surface area contributed by atoms with Gasteiger partial charge >= 0.3 is 13.5 Å². The Morgan fingerprint density at radius 2 is 1.61 bits per heavy atom. The summed E-state index contributed by atoms with van der Waals surface area (Å²) in [5.74, 6) is -0.126. The Kier molecular flexibility index (Phi) is 7.84. The highest BCUT2D eigenvalue weighted by Crippen LogP contribution is 2.52. The van der Waals surface area contributed by atoms with E-state index in [9.17, 15) is 23.2 Å². The van der Waals surface area contributed by atoms with Crippen LogP contribution < -0.4 is 20.5 Å². The van der Waals surface area contributed by atoms with Crippen LogP contribution in [0, 0.1) is 13.8 Å². The third kappa shape index (κ3) is 5.70. The van der Waals surface area contributed by atoms with E-state index in [-0.39, 0.29) is 17.3 Å². The molecule has 4 rings (SSSR count). The van der Waals surface area contributed by atoms with Gasteiger partial charge in [0, 0.05) is 6.20 Å². The van der Waals surface area contributed by atoms with Crippen molar-refractivity contribution >= 4 is 13.6 Å². The topological polar surface area (TPSA) is 135 Å². The van der Waals surface area contributed by atoms with Gasteiger partial charge in [-0.25, -0.2) is 22.5 Å². The Labute approximate surface area is 215 Å². The number of aromatic nitrogens is 2. The lowest BCUT2D eigenvalue weighted by atomic mass is 9.98. The maximum Gasteiger partial charge on any atom is 0.587 e. The summed E-state index contributed by atoms with van der Waals surface area (Å²) in [6.45, 7) is 2.24. The first-order valence-electron chi connectivity index (χ1n) is 11.3. The number of halogens is 3. The number of rotatable bonds is 9. The third-order valence-corrected chi connectivity index (χ3v) is 7.13. The van der Waals surface area contributed by atoms with E-state index in [4.69, 9.17) is 24.0 Å². The number of ether oxygens (including phenoxy) is 1. The molecule has 0 radical (unpaired) electrons. The molecule has 3 N–H and O–H groups in total. The molecule has 0 unspecified atom stereocenters. The zero-order valence-corrected chi connectivity index (χ0v) is 21.1.